The van der Waals surface area contributed by atoms with E-state index < -0.39 is 16.3 Å². The molecule has 1 aromatic rings. The summed E-state index contributed by atoms with van der Waals surface area (Å²) in [5.74, 6) is 0.650. The molecule has 2 N–H and O–H groups in total. The zero-order valence-electron chi connectivity index (χ0n) is 13.0. The lowest BCUT2D eigenvalue weighted by Crippen LogP contribution is -2.39. The molecule has 7 nitrogen and oxygen atoms in total. The number of nitrogens with one attached hydrogen (secondary N) is 2. The van der Waals surface area contributed by atoms with Gasteiger partial charge in [0.2, 0.25) is 0 Å². The highest BCUT2D eigenvalue weighted by atomic mass is 32.2. The molecule has 0 radical (unpaired) electrons. The minimum atomic E-state index is -3.36. The number of benzene rings is 1. The van der Waals surface area contributed by atoms with Gasteiger partial charge in [-0.3, -0.25) is 0 Å². The van der Waals surface area contributed by atoms with Crippen molar-refractivity contribution in [2.24, 2.45) is 0 Å². The first-order valence-electron chi connectivity index (χ1n) is 6.88. The Kier molecular flexibility index (Phi) is 7.27. The van der Waals surface area contributed by atoms with Crippen LogP contribution in [0.5, 0.6) is 5.75 Å². The molecule has 0 saturated carbocycles. The zero-order chi connectivity index (χ0) is 16.6. The summed E-state index contributed by atoms with van der Waals surface area (Å²) in [5, 5.41) is 11.8. The summed E-state index contributed by atoms with van der Waals surface area (Å²) in [6.45, 7) is 3.15. The maximum atomic E-state index is 11.5. The first-order valence-corrected chi connectivity index (χ1v) is 8.32. The van der Waals surface area contributed by atoms with Crippen molar-refractivity contribution in [2.45, 2.75) is 19.6 Å². The number of nitriles is 1. The van der Waals surface area contributed by atoms with E-state index in [1.165, 1.54) is 14.1 Å². The summed E-state index contributed by atoms with van der Waals surface area (Å²) in [5.41, 5.74) is 1.05. The second kappa shape index (κ2) is 8.70. The molecule has 0 fully saturated rings. The van der Waals surface area contributed by atoms with Crippen LogP contribution in [0.25, 0.3) is 0 Å². The van der Waals surface area contributed by atoms with Crippen molar-refractivity contribution < 1.29 is 13.2 Å². The fraction of sp³-hybridized carbons (Fsp3) is 0.500. The monoisotopic (exact) mass is 326 g/mol. The summed E-state index contributed by atoms with van der Waals surface area (Å²) >= 11 is 0. The molecular formula is C14H22N4O3S. The van der Waals surface area contributed by atoms with Crippen LogP contribution in [0.15, 0.2) is 24.3 Å². The lowest BCUT2D eigenvalue weighted by atomic mass is 10.2. The van der Waals surface area contributed by atoms with E-state index in [0.717, 1.165) is 9.87 Å². The van der Waals surface area contributed by atoms with Gasteiger partial charge in [-0.1, -0.05) is 12.1 Å². The maximum absolute atomic E-state index is 11.5. The van der Waals surface area contributed by atoms with E-state index in [1.54, 1.807) is 19.1 Å². The molecule has 1 aromatic carbocycles. The molecule has 0 amide bonds. The Balaban J connectivity index is 2.30. The molecule has 122 valence electrons. The lowest BCUT2D eigenvalue weighted by molar-refractivity contribution is 0.276. The molecule has 0 aliphatic heterocycles. The molecular weight excluding hydrogens is 304 g/mol. The second-order valence-electron chi connectivity index (χ2n) is 4.89. The molecule has 0 aromatic heterocycles. The average molecular weight is 326 g/mol. The highest BCUT2D eigenvalue weighted by molar-refractivity contribution is 7.87. The number of hydrogen-bond acceptors (Lipinski definition) is 5. The van der Waals surface area contributed by atoms with Gasteiger partial charge < -0.3 is 10.1 Å². The molecule has 8 heteroatoms. The first kappa shape index (κ1) is 18.4. The Hall–Kier alpha value is -1.66. The molecule has 0 spiro atoms. The van der Waals surface area contributed by atoms with Crippen LogP contribution < -0.4 is 14.8 Å². The van der Waals surface area contributed by atoms with Crippen LogP contribution in [-0.4, -0.2) is 46.0 Å². The van der Waals surface area contributed by atoms with Crippen LogP contribution in [0.3, 0.4) is 0 Å². The van der Waals surface area contributed by atoms with E-state index in [2.05, 4.69) is 10.0 Å². The Morgan fingerprint density at radius 2 is 1.91 bits per heavy atom. The van der Waals surface area contributed by atoms with E-state index in [0.29, 0.717) is 25.4 Å². The fourth-order valence-electron chi connectivity index (χ4n) is 1.55. The molecule has 1 rings (SSSR count). The fourth-order valence-corrected chi connectivity index (χ4v) is 2.16. The van der Waals surface area contributed by atoms with E-state index in [9.17, 15) is 8.42 Å². The second-order valence-corrected chi connectivity index (χ2v) is 6.86. The van der Waals surface area contributed by atoms with Crippen LogP contribution in [-0.2, 0) is 16.8 Å². The van der Waals surface area contributed by atoms with Crippen molar-refractivity contribution in [3.8, 4) is 11.8 Å². The van der Waals surface area contributed by atoms with Crippen LogP contribution >= 0.6 is 0 Å². The Bertz CT molecular complexity index is 594. The number of ether oxygens (including phenoxy) is 1. The van der Waals surface area contributed by atoms with Gasteiger partial charge in [-0.2, -0.15) is 18.0 Å². The van der Waals surface area contributed by atoms with Gasteiger partial charge in [-0.05, 0) is 24.6 Å². The van der Waals surface area contributed by atoms with Gasteiger partial charge in [0.25, 0.3) is 10.2 Å². The smallest absolute Gasteiger partial charge is 0.278 e. The van der Waals surface area contributed by atoms with Gasteiger partial charge in [-0.25, -0.2) is 4.72 Å². The van der Waals surface area contributed by atoms with E-state index in [4.69, 9.17) is 10.00 Å². The quantitative estimate of drug-likeness (QED) is 0.643. The average Bonchev–Trinajstić information content (AvgIpc) is 2.48. The molecule has 0 aliphatic carbocycles. The topological polar surface area (TPSA) is 94.5 Å². The van der Waals surface area contributed by atoms with Gasteiger partial charge >= 0.3 is 0 Å². The van der Waals surface area contributed by atoms with Crippen LogP contribution in [0.4, 0.5) is 0 Å². The third kappa shape index (κ3) is 6.41. The lowest BCUT2D eigenvalue weighted by Gasteiger charge is -2.12. The highest BCUT2D eigenvalue weighted by Crippen LogP contribution is 2.13. The molecule has 0 saturated heterocycles. The van der Waals surface area contributed by atoms with Gasteiger partial charge in [-0.15, -0.1) is 0 Å². The summed E-state index contributed by atoms with van der Waals surface area (Å²) in [7, 11) is -0.405. The summed E-state index contributed by atoms with van der Waals surface area (Å²) < 4.78 is 31.9. The molecule has 0 unspecified atom stereocenters. The summed E-state index contributed by atoms with van der Waals surface area (Å²) in [6, 6.07) is 9.41. The Morgan fingerprint density at radius 3 is 2.45 bits per heavy atom. The standard InChI is InChI=1S/C14H22N4O3S/c1-12(10-15)21-14-6-4-13(5-7-14)11-16-8-9-17-22(19,20)18(2)3/h4-7,12,16-17H,8-9,11H2,1-3H3/t12-/m0/s1. The van der Waals surface area contributed by atoms with E-state index >= 15 is 0 Å². The number of nitrogens with zero attached hydrogens (tertiary/aromatic N) is 2. The predicted molar refractivity (Wildman–Crippen MR) is 84.5 cm³/mol. The van der Waals surface area contributed by atoms with Crippen molar-refractivity contribution in [1.82, 2.24) is 14.3 Å². The normalized spacial score (nSPS) is 12.9. The largest absolute Gasteiger partial charge is 0.476 e. The third-order valence-corrected chi connectivity index (χ3v) is 4.34. The summed E-state index contributed by atoms with van der Waals surface area (Å²) in [6.07, 6.45) is -0.478. The van der Waals surface area contributed by atoms with Crippen LogP contribution in [0.2, 0.25) is 0 Å². The molecule has 22 heavy (non-hydrogen) atoms. The Morgan fingerprint density at radius 1 is 1.27 bits per heavy atom. The van der Waals surface area contributed by atoms with Gasteiger partial charge in [0.15, 0.2) is 6.10 Å². The minimum absolute atomic E-state index is 0.321. The van der Waals surface area contributed by atoms with Gasteiger partial charge in [0, 0.05) is 33.7 Å². The third-order valence-electron chi connectivity index (χ3n) is 2.81. The Labute approximate surface area is 132 Å². The molecule has 0 aliphatic rings. The van der Waals surface area contributed by atoms with Crippen molar-refractivity contribution in [3.05, 3.63) is 29.8 Å². The number of hydrogen-bond donors (Lipinski definition) is 2. The van der Waals surface area contributed by atoms with Gasteiger partial charge in [0.1, 0.15) is 11.8 Å². The number of rotatable bonds is 9. The van der Waals surface area contributed by atoms with Crippen LogP contribution in [0, 0.1) is 11.3 Å². The molecule has 0 heterocycles. The van der Waals surface area contributed by atoms with Crippen molar-refractivity contribution in [1.29, 1.82) is 5.26 Å². The summed E-state index contributed by atoms with van der Waals surface area (Å²) in [4.78, 5) is 0. The van der Waals surface area contributed by atoms with Crippen molar-refractivity contribution >= 4 is 10.2 Å². The van der Waals surface area contributed by atoms with Gasteiger partial charge in [0.05, 0.1) is 0 Å². The highest BCUT2D eigenvalue weighted by Gasteiger charge is 2.10. The molecule has 0 bridgehead atoms. The SMILES string of the molecule is C[C@@H](C#N)Oc1ccc(CNCCNS(=O)(=O)N(C)C)cc1. The van der Waals surface area contributed by atoms with E-state index in [-0.39, 0.29) is 0 Å². The van der Waals surface area contributed by atoms with Crippen molar-refractivity contribution in [2.75, 3.05) is 27.2 Å². The maximum Gasteiger partial charge on any atom is 0.278 e. The predicted octanol–water partition coefficient (Wildman–Crippen LogP) is 0.463. The van der Waals surface area contributed by atoms with Crippen molar-refractivity contribution in [3.63, 3.8) is 0 Å². The zero-order valence-corrected chi connectivity index (χ0v) is 13.9. The first-order chi connectivity index (χ1) is 10.3. The molecule has 1 atom stereocenters. The minimum Gasteiger partial charge on any atom is -0.476 e. The van der Waals surface area contributed by atoms with E-state index in [1.807, 2.05) is 18.2 Å². The van der Waals surface area contributed by atoms with Crippen LogP contribution in [0.1, 0.15) is 12.5 Å².